The number of carbonyl (C=O) groups is 1. The minimum atomic E-state index is 0.0316. The van der Waals surface area contributed by atoms with Crippen molar-refractivity contribution in [2.24, 2.45) is 0 Å². The number of amides is 2. The van der Waals surface area contributed by atoms with Crippen LogP contribution in [-0.2, 0) is 11.3 Å². The number of likely N-dealkylation sites (tertiary alicyclic amines) is 1. The van der Waals surface area contributed by atoms with Crippen molar-refractivity contribution in [3.63, 3.8) is 0 Å². The topological polar surface area (TPSA) is 59.4 Å². The van der Waals surface area contributed by atoms with Crippen LogP contribution < -0.4 is 5.32 Å². The van der Waals surface area contributed by atoms with Crippen LogP contribution in [-0.4, -0.2) is 53.6 Å². The SMILES string of the molecule is COC[C@@H]1CCCN1C(=O)NCCCn1nc(C)c(C)c1C. The molecule has 1 fully saturated rings. The summed E-state index contributed by atoms with van der Waals surface area (Å²) in [5.74, 6) is 0. The summed E-state index contributed by atoms with van der Waals surface area (Å²) in [4.78, 5) is 14.1. The van der Waals surface area contributed by atoms with Crippen LogP contribution in [0.4, 0.5) is 4.79 Å². The van der Waals surface area contributed by atoms with Gasteiger partial charge in [0.1, 0.15) is 0 Å². The van der Waals surface area contributed by atoms with Crippen molar-refractivity contribution in [2.75, 3.05) is 26.8 Å². The number of aryl methyl sites for hydroxylation is 2. The highest BCUT2D eigenvalue weighted by Crippen LogP contribution is 2.17. The number of hydrogen-bond donors (Lipinski definition) is 1. The van der Waals surface area contributed by atoms with Crippen LogP contribution in [0.2, 0.25) is 0 Å². The van der Waals surface area contributed by atoms with Gasteiger partial charge in [0.05, 0.1) is 18.3 Å². The molecule has 0 aromatic carbocycles. The summed E-state index contributed by atoms with van der Waals surface area (Å²) >= 11 is 0. The fraction of sp³-hybridized carbons (Fsp3) is 0.750. The maximum atomic E-state index is 12.2. The van der Waals surface area contributed by atoms with E-state index in [2.05, 4.69) is 24.3 Å². The van der Waals surface area contributed by atoms with E-state index in [1.807, 2.05) is 16.5 Å². The molecule has 0 radical (unpaired) electrons. The molecule has 1 atom stereocenters. The van der Waals surface area contributed by atoms with E-state index < -0.39 is 0 Å². The average molecular weight is 308 g/mol. The van der Waals surface area contributed by atoms with Crippen LogP contribution in [0.5, 0.6) is 0 Å². The van der Waals surface area contributed by atoms with Crippen molar-refractivity contribution in [3.8, 4) is 0 Å². The predicted molar refractivity (Wildman–Crippen MR) is 86.1 cm³/mol. The summed E-state index contributed by atoms with van der Waals surface area (Å²) in [5.41, 5.74) is 3.55. The number of aromatic nitrogens is 2. The van der Waals surface area contributed by atoms with Crippen LogP contribution >= 0.6 is 0 Å². The van der Waals surface area contributed by atoms with Gasteiger partial charge >= 0.3 is 6.03 Å². The number of hydrogen-bond acceptors (Lipinski definition) is 3. The van der Waals surface area contributed by atoms with Crippen molar-refractivity contribution in [1.29, 1.82) is 0 Å². The van der Waals surface area contributed by atoms with E-state index in [4.69, 9.17) is 4.74 Å². The second-order valence-electron chi connectivity index (χ2n) is 6.05. The zero-order valence-corrected chi connectivity index (χ0v) is 14.2. The van der Waals surface area contributed by atoms with Gasteiger partial charge in [0, 0.05) is 32.4 Å². The van der Waals surface area contributed by atoms with Crippen molar-refractivity contribution in [3.05, 3.63) is 17.0 Å². The molecular weight excluding hydrogens is 280 g/mol. The van der Waals surface area contributed by atoms with E-state index in [0.717, 1.165) is 38.0 Å². The molecule has 2 rings (SSSR count). The van der Waals surface area contributed by atoms with Gasteiger partial charge in [-0.15, -0.1) is 0 Å². The van der Waals surface area contributed by atoms with Crippen molar-refractivity contribution in [2.45, 2.75) is 52.6 Å². The Morgan fingerprint density at radius 2 is 2.18 bits per heavy atom. The first-order chi connectivity index (χ1) is 10.5. The van der Waals surface area contributed by atoms with Crippen molar-refractivity contribution in [1.82, 2.24) is 20.0 Å². The van der Waals surface area contributed by atoms with E-state index in [1.54, 1.807) is 7.11 Å². The molecule has 2 heterocycles. The molecule has 1 aromatic heterocycles. The fourth-order valence-corrected chi connectivity index (χ4v) is 3.00. The molecule has 0 aliphatic carbocycles. The Labute approximate surface area is 132 Å². The van der Waals surface area contributed by atoms with Crippen molar-refractivity contribution < 1.29 is 9.53 Å². The van der Waals surface area contributed by atoms with Gasteiger partial charge in [-0.1, -0.05) is 0 Å². The normalized spacial score (nSPS) is 18.0. The molecular formula is C16H28N4O2. The molecule has 2 amide bonds. The van der Waals surface area contributed by atoms with Gasteiger partial charge in [-0.25, -0.2) is 4.79 Å². The molecule has 0 saturated carbocycles. The first-order valence-electron chi connectivity index (χ1n) is 8.08. The molecule has 1 aromatic rings. The number of carbonyl (C=O) groups excluding carboxylic acids is 1. The highest BCUT2D eigenvalue weighted by molar-refractivity contribution is 5.74. The average Bonchev–Trinajstić information content (AvgIpc) is 3.05. The lowest BCUT2D eigenvalue weighted by Crippen LogP contribution is -2.44. The Balaban J connectivity index is 1.74. The number of urea groups is 1. The summed E-state index contributed by atoms with van der Waals surface area (Å²) in [7, 11) is 1.69. The summed E-state index contributed by atoms with van der Waals surface area (Å²) in [6.45, 7) is 9.18. The molecule has 0 unspecified atom stereocenters. The minimum absolute atomic E-state index is 0.0316. The summed E-state index contributed by atoms with van der Waals surface area (Å²) < 4.78 is 7.21. The lowest BCUT2D eigenvalue weighted by Gasteiger charge is -2.24. The zero-order chi connectivity index (χ0) is 16.1. The monoisotopic (exact) mass is 308 g/mol. The van der Waals surface area contributed by atoms with Gasteiger partial charge in [0.15, 0.2) is 0 Å². The lowest BCUT2D eigenvalue weighted by molar-refractivity contribution is 0.123. The quantitative estimate of drug-likeness (QED) is 0.818. The van der Waals surface area contributed by atoms with Gasteiger partial charge < -0.3 is 15.0 Å². The molecule has 1 aliphatic rings. The lowest BCUT2D eigenvalue weighted by atomic mass is 10.2. The Morgan fingerprint density at radius 3 is 2.82 bits per heavy atom. The van der Waals surface area contributed by atoms with Gasteiger partial charge in [0.2, 0.25) is 0 Å². The first kappa shape index (κ1) is 16.8. The smallest absolute Gasteiger partial charge is 0.317 e. The Hall–Kier alpha value is -1.56. The second-order valence-corrected chi connectivity index (χ2v) is 6.05. The standard InChI is InChI=1S/C16H28N4O2/c1-12-13(2)18-20(14(12)3)10-6-8-17-16(21)19-9-5-7-15(19)11-22-4/h15H,5-11H2,1-4H3,(H,17,21)/t15-/m0/s1. The highest BCUT2D eigenvalue weighted by atomic mass is 16.5. The van der Waals surface area contributed by atoms with E-state index in [-0.39, 0.29) is 12.1 Å². The molecule has 6 nitrogen and oxygen atoms in total. The third-order valence-corrected chi connectivity index (χ3v) is 4.56. The van der Waals surface area contributed by atoms with Crippen LogP contribution in [0.3, 0.4) is 0 Å². The Bertz CT molecular complexity index is 512. The zero-order valence-electron chi connectivity index (χ0n) is 14.2. The first-order valence-corrected chi connectivity index (χ1v) is 8.08. The van der Waals surface area contributed by atoms with Crippen molar-refractivity contribution >= 4 is 6.03 Å². The molecule has 1 saturated heterocycles. The number of methoxy groups -OCH3 is 1. The van der Waals surface area contributed by atoms with Crippen LogP contribution in [0, 0.1) is 20.8 Å². The third kappa shape index (κ3) is 3.80. The van der Waals surface area contributed by atoms with E-state index in [0.29, 0.717) is 13.2 Å². The third-order valence-electron chi connectivity index (χ3n) is 4.56. The molecule has 0 bridgehead atoms. The van der Waals surface area contributed by atoms with E-state index in [9.17, 15) is 4.79 Å². The number of nitrogens with one attached hydrogen (secondary N) is 1. The van der Waals surface area contributed by atoms with E-state index >= 15 is 0 Å². The minimum Gasteiger partial charge on any atom is -0.383 e. The molecule has 22 heavy (non-hydrogen) atoms. The summed E-state index contributed by atoms with van der Waals surface area (Å²) in [5, 5.41) is 7.53. The van der Waals surface area contributed by atoms with Gasteiger partial charge in [-0.05, 0) is 45.6 Å². The number of ether oxygens (including phenoxy) is 1. The van der Waals surface area contributed by atoms with Crippen LogP contribution in [0.25, 0.3) is 0 Å². The van der Waals surface area contributed by atoms with Gasteiger partial charge in [-0.2, -0.15) is 5.10 Å². The molecule has 0 spiro atoms. The second kappa shape index (κ2) is 7.63. The highest BCUT2D eigenvalue weighted by Gasteiger charge is 2.28. The predicted octanol–water partition coefficient (Wildman–Crippen LogP) is 2.02. The Kier molecular flexibility index (Phi) is 5.83. The van der Waals surface area contributed by atoms with Crippen LogP contribution in [0.1, 0.15) is 36.2 Å². The maximum Gasteiger partial charge on any atom is 0.317 e. The molecule has 1 N–H and O–H groups in total. The Morgan fingerprint density at radius 1 is 1.41 bits per heavy atom. The summed E-state index contributed by atoms with van der Waals surface area (Å²) in [6.07, 6.45) is 2.98. The fourth-order valence-electron chi connectivity index (χ4n) is 3.00. The largest absolute Gasteiger partial charge is 0.383 e. The van der Waals surface area contributed by atoms with E-state index in [1.165, 1.54) is 11.3 Å². The maximum absolute atomic E-state index is 12.2. The number of rotatable bonds is 6. The van der Waals surface area contributed by atoms with Crippen LogP contribution in [0.15, 0.2) is 0 Å². The molecule has 124 valence electrons. The van der Waals surface area contributed by atoms with Gasteiger partial charge in [-0.3, -0.25) is 4.68 Å². The van der Waals surface area contributed by atoms with Gasteiger partial charge in [0.25, 0.3) is 0 Å². The summed E-state index contributed by atoms with van der Waals surface area (Å²) in [6, 6.07) is 0.257. The number of nitrogens with zero attached hydrogens (tertiary/aromatic N) is 3. The molecule has 6 heteroatoms. The molecule has 1 aliphatic heterocycles.